The predicted octanol–water partition coefficient (Wildman–Crippen LogP) is 6.97. The number of H-pyrrole nitrogens is 1. The molecule has 0 spiro atoms. The summed E-state index contributed by atoms with van der Waals surface area (Å²) in [5.74, 6) is 0.671. The predicted molar refractivity (Wildman–Crippen MR) is 165 cm³/mol. The van der Waals surface area contributed by atoms with Gasteiger partial charge in [-0.3, -0.25) is 4.57 Å². The van der Waals surface area contributed by atoms with E-state index in [1.165, 1.54) is 0 Å². The molecule has 0 aliphatic carbocycles. The normalized spacial score (nSPS) is 12.3. The molecule has 2 aliphatic heterocycles. The Kier molecular flexibility index (Phi) is 5.60. The molecule has 5 heterocycles. The van der Waals surface area contributed by atoms with Gasteiger partial charge in [-0.1, -0.05) is 78.9 Å². The van der Waals surface area contributed by atoms with Gasteiger partial charge in [-0.15, -0.1) is 10.2 Å². The molecule has 1 N–H and O–H groups in total. The number of hydrogen-bond donors (Lipinski definition) is 1. The summed E-state index contributed by atoms with van der Waals surface area (Å²) in [6, 6.07) is 38.2. The fourth-order valence-electron chi connectivity index (χ4n) is 5.23. The Morgan fingerprint density at radius 3 is 2.05 bits per heavy atom. The Balaban J connectivity index is 1.53. The molecule has 8 heteroatoms. The van der Waals surface area contributed by atoms with E-state index in [-0.39, 0.29) is 0 Å². The molecular formula is C34H22N8. The Hall–Kier alpha value is -6.02. The molecule has 0 saturated heterocycles. The number of rotatable bonds is 3. The van der Waals surface area contributed by atoms with Gasteiger partial charge in [0.25, 0.3) is 11.7 Å². The van der Waals surface area contributed by atoms with Crippen LogP contribution in [0.15, 0.2) is 120 Å². The van der Waals surface area contributed by atoms with Crippen LogP contribution in [0.3, 0.4) is 0 Å². The van der Waals surface area contributed by atoms with Gasteiger partial charge in [0.2, 0.25) is 0 Å². The minimum absolute atomic E-state index is 0.299. The van der Waals surface area contributed by atoms with E-state index in [9.17, 15) is 0 Å². The van der Waals surface area contributed by atoms with Crippen LogP contribution in [-0.4, -0.2) is 40.4 Å². The van der Waals surface area contributed by atoms with Crippen LogP contribution < -0.4 is 0 Å². The zero-order chi connectivity index (χ0) is 27.9. The Bertz CT molecular complexity index is 2180. The number of hydrogen-bond acceptors (Lipinski definition) is 6. The lowest BCUT2D eigenvalue weighted by Gasteiger charge is -2.07. The first-order valence-electron chi connectivity index (χ1n) is 13.6. The van der Waals surface area contributed by atoms with E-state index >= 15 is 0 Å². The second kappa shape index (κ2) is 9.87. The summed E-state index contributed by atoms with van der Waals surface area (Å²) in [5.41, 5.74) is 9.24. The lowest BCUT2D eigenvalue weighted by molar-refractivity contribution is 1.07. The van der Waals surface area contributed by atoms with Crippen LogP contribution in [0.4, 0.5) is 5.95 Å². The minimum atomic E-state index is 0.299. The third-order valence-electron chi connectivity index (χ3n) is 7.12. The maximum absolute atomic E-state index is 5.04. The number of benzene rings is 3. The van der Waals surface area contributed by atoms with Crippen molar-refractivity contribution in [3.63, 3.8) is 0 Å². The largest absolute Gasteiger partial charge is 0.355 e. The van der Waals surface area contributed by atoms with E-state index in [0.29, 0.717) is 17.4 Å². The van der Waals surface area contributed by atoms with Crippen LogP contribution in [0.25, 0.3) is 51.4 Å². The second-order valence-corrected chi connectivity index (χ2v) is 9.88. The number of nitrogens with zero attached hydrogens (tertiary/aromatic N) is 7. The van der Waals surface area contributed by atoms with Gasteiger partial charge in [-0.05, 0) is 48.0 Å². The quantitative estimate of drug-likeness (QED) is 0.260. The van der Waals surface area contributed by atoms with Gasteiger partial charge in [-0.2, -0.15) is 4.98 Å². The molecule has 2 aliphatic rings. The standard InChI is InChI=1S/C34H22N8/c1-4-10-22(11-5-1)30-28-19-18-25(36-28)20-24-16-17-26(35-24)21-29-40-41-34(42(29)27-14-8-3-9-15-27)39-33-37-31(32(30)38-33)23-12-6-2-7-13-23/h1-21,36H. The zero-order valence-corrected chi connectivity index (χ0v) is 22.3. The topological polar surface area (TPSA) is 97.5 Å². The second-order valence-electron chi connectivity index (χ2n) is 9.88. The third kappa shape index (κ3) is 4.28. The Labute approximate surface area is 240 Å². The molecular weight excluding hydrogens is 520 g/mol. The molecule has 0 amide bonds. The molecule has 198 valence electrons. The van der Waals surface area contributed by atoms with Crippen molar-refractivity contribution in [1.29, 1.82) is 0 Å². The van der Waals surface area contributed by atoms with Gasteiger partial charge < -0.3 is 4.98 Å². The zero-order valence-electron chi connectivity index (χ0n) is 22.3. The van der Waals surface area contributed by atoms with E-state index in [1.807, 2.05) is 108 Å². The molecule has 3 aromatic heterocycles. The average Bonchev–Trinajstić information content (AvgIpc) is 3.84. The first-order valence-corrected chi connectivity index (χ1v) is 13.6. The summed E-state index contributed by atoms with van der Waals surface area (Å²) in [5, 5.41) is 8.94. The van der Waals surface area contributed by atoms with Crippen LogP contribution in [0, 0.1) is 0 Å². The summed E-state index contributed by atoms with van der Waals surface area (Å²) in [4.78, 5) is 23.3. The molecule has 0 unspecified atom stereocenters. The summed E-state index contributed by atoms with van der Waals surface area (Å²) in [6.07, 6.45) is 3.96. The molecule has 0 radical (unpaired) electrons. The van der Waals surface area contributed by atoms with Crippen molar-refractivity contribution in [3.05, 3.63) is 138 Å². The minimum Gasteiger partial charge on any atom is -0.355 e. The maximum Gasteiger partial charge on any atom is 0.259 e. The number of aromatic nitrogens is 7. The van der Waals surface area contributed by atoms with E-state index in [4.69, 9.17) is 19.9 Å². The van der Waals surface area contributed by atoms with E-state index < -0.39 is 0 Å². The van der Waals surface area contributed by atoms with Crippen LogP contribution >= 0.6 is 0 Å². The summed E-state index contributed by atoms with van der Waals surface area (Å²) < 4.78 is 1.89. The number of aromatic amines is 1. The van der Waals surface area contributed by atoms with Gasteiger partial charge in [0.15, 0.2) is 5.65 Å². The van der Waals surface area contributed by atoms with Crippen LogP contribution in [-0.2, 0) is 0 Å². The van der Waals surface area contributed by atoms with Gasteiger partial charge in [-0.25, -0.2) is 15.0 Å². The first-order chi connectivity index (χ1) is 20.8. The van der Waals surface area contributed by atoms with Gasteiger partial charge in [0, 0.05) is 28.2 Å². The van der Waals surface area contributed by atoms with Gasteiger partial charge in [0.1, 0.15) is 11.4 Å². The molecule has 0 atom stereocenters. The van der Waals surface area contributed by atoms with E-state index in [2.05, 4.69) is 39.4 Å². The number of nitrogens with one attached hydrogen (secondary N) is 1. The van der Waals surface area contributed by atoms with Crippen molar-refractivity contribution in [1.82, 2.24) is 34.7 Å². The number of aliphatic imine (C=N–C) groups is 1. The highest BCUT2D eigenvalue weighted by Gasteiger charge is 2.22. The monoisotopic (exact) mass is 542 g/mol. The Morgan fingerprint density at radius 1 is 0.595 bits per heavy atom. The van der Waals surface area contributed by atoms with Crippen LogP contribution in [0.5, 0.6) is 0 Å². The van der Waals surface area contributed by atoms with Gasteiger partial charge in [0.05, 0.1) is 17.1 Å². The van der Waals surface area contributed by atoms with Crippen molar-refractivity contribution < 1.29 is 0 Å². The van der Waals surface area contributed by atoms with Gasteiger partial charge >= 0.3 is 0 Å². The highest BCUT2D eigenvalue weighted by Crippen LogP contribution is 2.32. The highest BCUT2D eigenvalue weighted by atomic mass is 15.3. The van der Waals surface area contributed by atoms with Crippen molar-refractivity contribution >= 4 is 46.3 Å². The van der Waals surface area contributed by atoms with E-state index in [1.54, 1.807) is 0 Å². The molecule has 42 heavy (non-hydrogen) atoms. The lowest BCUT2D eigenvalue weighted by Crippen LogP contribution is -2.03. The number of fused-ring (bicyclic) bond motifs is 8. The SMILES string of the molecule is C1=Cc2cc3nnc(nc4nc(c(-c5ccccc5)c5ccc(cc1n2)[nH]5)C(c1ccccc1)=N4)n3-c1ccccc1. The fourth-order valence-corrected chi connectivity index (χ4v) is 5.23. The summed E-state index contributed by atoms with van der Waals surface area (Å²) in [7, 11) is 0. The molecule has 8 rings (SSSR count). The first kappa shape index (κ1) is 23.8. The van der Waals surface area contributed by atoms with E-state index in [0.717, 1.165) is 56.2 Å². The molecule has 0 saturated carbocycles. The third-order valence-corrected chi connectivity index (χ3v) is 7.12. The highest BCUT2D eigenvalue weighted by molar-refractivity contribution is 6.18. The fraction of sp³-hybridized carbons (Fsp3) is 0. The number of para-hydroxylation sites is 1. The van der Waals surface area contributed by atoms with Crippen molar-refractivity contribution in [3.8, 4) is 16.8 Å². The summed E-state index contributed by atoms with van der Waals surface area (Å²) >= 11 is 0. The smallest absolute Gasteiger partial charge is 0.259 e. The average molecular weight is 543 g/mol. The molecule has 3 aromatic carbocycles. The van der Waals surface area contributed by atoms with Crippen molar-refractivity contribution in [2.45, 2.75) is 0 Å². The Morgan fingerprint density at radius 2 is 1.29 bits per heavy atom. The molecule has 8 nitrogen and oxygen atoms in total. The maximum atomic E-state index is 5.04. The van der Waals surface area contributed by atoms with Crippen molar-refractivity contribution in [2.24, 2.45) is 4.99 Å². The molecule has 8 bridgehead atoms. The van der Waals surface area contributed by atoms with Crippen LogP contribution in [0.1, 0.15) is 22.6 Å². The summed E-state index contributed by atoms with van der Waals surface area (Å²) in [6.45, 7) is 0. The molecule has 6 aromatic rings. The lowest BCUT2D eigenvalue weighted by atomic mass is 9.98. The van der Waals surface area contributed by atoms with Crippen LogP contribution in [0.2, 0.25) is 0 Å². The van der Waals surface area contributed by atoms with Crippen molar-refractivity contribution in [2.75, 3.05) is 0 Å². The molecule has 0 fully saturated rings.